The van der Waals surface area contributed by atoms with E-state index < -0.39 is 6.09 Å². The monoisotopic (exact) mass is 249 g/mol. The van der Waals surface area contributed by atoms with Gasteiger partial charge < -0.3 is 5.11 Å². The first-order valence-electron chi connectivity index (χ1n) is 3.05. The smallest absolute Gasteiger partial charge is 0.422 e. The summed E-state index contributed by atoms with van der Waals surface area (Å²) in [5.41, 5.74) is 0.481. The van der Waals surface area contributed by atoms with Crippen LogP contribution in [0.15, 0.2) is 24.3 Å². The molecule has 0 radical (unpaired) electrons. The molecule has 5 heteroatoms. The molecule has 1 N–H and O–H groups in total. The minimum absolute atomic E-state index is 0.481. The molecule has 3 nitrogen and oxygen atoms in total. The molecule has 1 aromatic carbocycles. The molecule has 0 aliphatic carbocycles. The second kappa shape index (κ2) is 3.78. The van der Waals surface area contributed by atoms with Crippen molar-refractivity contribution in [3.05, 3.63) is 29.3 Å². The predicted molar refractivity (Wildman–Crippen MR) is 50.9 cm³/mol. The lowest BCUT2D eigenvalue weighted by molar-refractivity contribution is 0.207. The van der Waals surface area contributed by atoms with Gasteiger partial charge in [0.25, 0.3) is 0 Å². The fraction of sp³-hybridized carbons (Fsp3) is 0. The number of anilines is 1. The van der Waals surface area contributed by atoms with Crippen LogP contribution in [-0.4, -0.2) is 11.2 Å². The Labute approximate surface area is 82.9 Å². The predicted octanol–water partition coefficient (Wildman–Crippen LogP) is 3.13. The van der Waals surface area contributed by atoms with E-state index in [1.165, 1.54) is 0 Å². The number of hydrogen-bond donors (Lipinski definition) is 1. The standard InChI is InChI=1S/C7H5BrClNO2/c8-10(7(11)12)6-3-1-2-5(9)4-6/h1-4H,(H,11,12). The maximum Gasteiger partial charge on any atom is 0.422 e. The minimum atomic E-state index is -1.09. The molecular weight excluding hydrogens is 245 g/mol. The van der Waals surface area contributed by atoms with Gasteiger partial charge in [-0.2, -0.15) is 0 Å². The van der Waals surface area contributed by atoms with Crippen LogP contribution in [0, 0.1) is 0 Å². The number of carbonyl (C=O) groups is 1. The van der Waals surface area contributed by atoms with Crippen LogP contribution >= 0.6 is 27.7 Å². The van der Waals surface area contributed by atoms with Crippen LogP contribution in [0.25, 0.3) is 0 Å². The Morgan fingerprint density at radius 1 is 1.58 bits per heavy atom. The fourth-order valence-electron chi connectivity index (χ4n) is 0.709. The summed E-state index contributed by atoms with van der Waals surface area (Å²) in [4.78, 5) is 10.4. The van der Waals surface area contributed by atoms with Gasteiger partial charge in [0.05, 0.1) is 21.8 Å². The van der Waals surface area contributed by atoms with Crippen molar-refractivity contribution in [2.24, 2.45) is 0 Å². The van der Waals surface area contributed by atoms with E-state index in [1.54, 1.807) is 24.3 Å². The molecule has 0 aliphatic rings. The van der Waals surface area contributed by atoms with Gasteiger partial charge in [-0.3, -0.25) is 0 Å². The third kappa shape index (κ3) is 2.12. The highest BCUT2D eigenvalue weighted by Gasteiger charge is 2.09. The van der Waals surface area contributed by atoms with E-state index in [0.717, 1.165) is 3.93 Å². The summed E-state index contributed by atoms with van der Waals surface area (Å²) in [7, 11) is 0. The van der Waals surface area contributed by atoms with Gasteiger partial charge in [0, 0.05) is 5.02 Å². The topological polar surface area (TPSA) is 40.5 Å². The van der Waals surface area contributed by atoms with Crippen molar-refractivity contribution >= 4 is 39.5 Å². The minimum Gasteiger partial charge on any atom is -0.464 e. The van der Waals surface area contributed by atoms with Crippen LogP contribution < -0.4 is 3.93 Å². The molecule has 0 atom stereocenters. The van der Waals surface area contributed by atoms with Crippen molar-refractivity contribution in [1.82, 2.24) is 0 Å². The highest BCUT2D eigenvalue weighted by Crippen LogP contribution is 2.21. The van der Waals surface area contributed by atoms with E-state index in [0.29, 0.717) is 10.7 Å². The largest absolute Gasteiger partial charge is 0.464 e. The van der Waals surface area contributed by atoms with Gasteiger partial charge in [0.15, 0.2) is 0 Å². The number of benzene rings is 1. The first kappa shape index (κ1) is 9.35. The zero-order valence-electron chi connectivity index (χ0n) is 5.87. The van der Waals surface area contributed by atoms with Gasteiger partial charge in [-0.05, 0) is 18.2 Å². The third-order valence-corrected chi connectivity index (χ3v) is 2.15. The normalized spacial score (nSPS) is 9.50. The van der Waals surface area contributed by atoms with Crippen molar-refractivity contribution in [2.75, 3.05) is 3.93 Å². The number of halogens is 2. The Balaban J connectivity index is 2.95. The summed E-state index contributed by atoms with van der Waals surface area (Å²) in [6.07, 6.45) is -1.09. The van der Waals surface area contributed by atoms with Gasteiger partial charge in [-0.15, -0.1) is 0 Å². The lowest BCUT2D eigenvalue weighted by Gasteiger charge is -2.09. The molecule has 1 amide bonds. The molecule has 64 valence electrons. The molecule has 12 heavy (non-hydrogen) atoms. The molecule has 0 aliphatic heterocycles. The van der Waals surface area contributed by atoms with Gasteiger partial charge in [0.2, 0.25) is 0 Å². The lowest BCUT2D eigenvalue weighted by Crippen LogP contribution is -2.16. The summed E-state index contributed by atoms with van der Waals surface area (Å²) in [5.74, 6) is 0. The van der Waals surface area contributed by atoms with Crippen LogP contribution in [-0.2, 0) is 0 Å². The van der Waals surface area contributed by atoms with Crippen molar-refractivity contribution in [3.8, 4) is 0 Å². The van der Waals surface area contributed by atoms with Crippen molar-refractivity contribution < 1.29 is 9.90 Å². The summed E-state index contributed by atoms with van der Waals surface area (Å²) in [5, 5.41) is 9.06. The second-order valence-electron chi connectivity index (χ2n) is 2.04. The average molecular weight is 250 g/mol. The molecule has 0 fully saturated rings. The molecule has 1 aromatic rings. The SMILES string of the molecule is O=C(O)N(Br)c1cccc(Cl)c1. The molecule has 0 saturated heterocycles. The molecule has 0 aromatic heterocycles. The van der Waals surface area contributed by atoms with Crippen LogP contribution in [0.1, 0.15) is 0 Å². The van der Waals surface area contributed by atoms with Gasteiger partial charge in [-0.25, -0.2) is 8.72 Å². The Morgan fingerprint density at radius 3 is 2.75 bits per heavy atom. The van der Waals surface area contributed by atoms with E-state index in [4.69, 9.17) is 16.7 Å². The molecule has 1 rings (SSSR count). The van der Waals surface area contributed by atoms with Gasteiger partial charge >= 0.3 is 6.09 Å². The van der Waals surface area contributed by atoms with E-state index in [1.807, 2.05) is 0 Å². The summed E-state index contributed by atoms with van der Waals surface area (Å²) >= 11 is 8.51. The lowest BCUT2D eigenvalue weighted by atomic mass is 10.3. The Kier molecular flexibility index (Phi) is 2.94. The highest BCUT2D eigenvalue weighted by molar-refractivity contribution is 9.10. The maximum absolute atomic E-state index is 10.4. The van der Waals surface area contributed by atoms with Crippen molar-refractivity contribution in [3.63, 3.8) is 0 Å². The van der Waals surface area contributed by atoms with E-state index in [9.17, 15) is 4.79 Å². The zero-order valence-corrected chi connectivity index (χ0v) is 8.21. The van der Waals surface area contributed by atoms with Gasteiger partial charge in [0.1, 0.15) is 0 Å². The molecule has 0 saturated carbocycles. The third-order valence-electron chi connectivity index (χ3n) is 1.20. The Morgan fingerprint density at radius 2 is 2.25 bits per heavy atom. The van der Waals surface area contributed by atoms with Crippen LogP contribution in [0.4, 0.5) is 10.5 Å². The number of amides is 1. The number of rotatable bonds is 1. The highest BCUT2D eigenvalue weighted by atomic mass is 79.9. The summed E-state index contributed by atoms with van der Waals surface area (Å²) < 4.78 is 0.916. The van der Waals surface area contributed by atoms with E-state index >= 15 is 0 Å². The first-order valence-corrected chi connectivity index (χ1v) is 4.14. The summed E-state index contributed by atoms with van der Waals surface area (Å²) in [6, 6.07) is 6.53. The fourth-order valence-corrected chi connectivity index (χ4v) is 1.11. The van der Waals surface area contributed by atoms with Gasteiger partial charge in [-0.1, -0.05) is 17.7 Å². The number of hydrogen-bond acceptors (Lipinski definition) is 1. The van der Waals surface area contributed by atoms with Crippen LogP contribution in [0.3, 0.4) is 0 Å². The second-order valence-corrected chi connectivity index (χ2v) is 3.19. The molecule has 0 bridgehead atoms. The van der Waals surface area contributed by atoms with E-state index in [2.05, 4.69) is 16.1 Å². The number of nitrogens with zero attached hydrogens (tertiary/aromatic N) is 1. The van der Waals surface area contributed by atoms with Crippen molar-refractivity contribution in [2.45, 2.75) is 0 Å². The quantitative estimate of drug-likeness (QED) is 0.778. The Hall–Kier alpha value is -0.740. The van der Waals surface area contributed by atoms with Crippen LogP contribution in [0.5, 0.6) is 0 Å². The molecule has 0 spiro atoms. The zero-order chi connectivity index (χ0) is 9.14. The maximum atomic E-state index is 10.4. The average Bonchev–Trinajstić information content (AvgIpc) is 2.03. The molecule has 0 unspecified atom stereocenters. The van der Waals surface area contributed by atoms with Crippen LogP contribution in [0.2, 0.25) is 5.02 Å². The Bertz CT molecular complexity index is 305. The number of carboxylic acid groups (broad SMARTS) is 1. The van der Waals surface area contributed by atoms with E-state index in [-0.39, 0.29) is 0 Å². The summed E-state index contributed by atoms with van der Waals surface area (Å²) in [6.45, 7) is 0. The molecular formula is C7H5BrClNO2. The van der Waals surface area contributed by atoms with Crippen molar-refractivity contribution in [1.29, 1.82) is 0 Å². The first-order chi connectivity index (χ1) is 5.61. The molecule has 0 heterocycles.